The van der Waals surface area contributed by atoms with Gasteiger partial charge in [-0.15, -0.1) is 25.3 Å². The average molecular weight is 563 g/mol. The van der Waals surface area contributed by atoms with E-state index in [9.17, 15) is 9.59 Å². The summed E-state index contributed by atoms with van der Waals surface area (Å²) in [6.45, 7) is 7.47. The molecule has 0 aromatic heterocycles. The number of allylic oxidation sites excluding steroid dienone is 7. The van der Waals surface area contributed by atoms with Gasteiger partial charge >= 0.3 is 0 Å². The Morgan fingerprint density at radius 1 is 1.06 bits per heavy atom. The van der Waals surface area contributed by atoms with Crippen LogP contribution in [0.2, 0.25) is 0 Å². The van der Waals surface area contributed by atoms with E-state index < -0.39 is 11.8 Å². The molecule has 0 aliphatic rings. The van der Waals surface area contributed by atoms with E-state index in [-0.39, 0.29) is 6.42 Å². The molecule has 0 aliphatic heterocycles. The number of thiol groups is 2. The maximum atomic E-state index is 11.8. The van der Waals surface area contributed by atoms with E-state index in [0.717, 1.165) is 21.6 Å². The molecule has 36 heavy (non-hydrogen) atoms. The zero-order valence-corrected chi connectivity index (χ0v) is 24.6. The second kappa shape index (κ2) is 18.7. The Balaban J connectivity index is 0.000000846. The molecule has 0 spiro atoms. The van der Waals surface area contributed by atoms with Gasteiger partial charge in [0.2, 0.25) is 11.8 Å². The molecule has 194 valence electrons. The zero-order valence-electron chi connectivity index (χ0n) is 21.2. The number of amides is 2. The van der Waals surface area contributed by atoms with Crippen LogP contribution in [0.25, 0.3) is 6.08 Å². The van der Waals surface area contributed by atoms with Crippen LogP contribution in [0, 0.1) is 0 Å². The summed E-state index contributed by atoms with van der Waals surface area (Å²) < 4.78 is 0. The number of thiocarbonyl (C=S) groups is 2. The van der Waals surface area contributed by atoms with E-state index in [1.165, 1.54) is 10.0 Å². The molecule has 0 fully saturated rings. The van der Waals surface area contributed by atoms with Gasteiger partial charge < -0.3 is 0 Å². The Bertz CT molecular complexity index is 1060. The van der Waals surface area contributed by atoms with Gasteiger partial charge in [-0.25, -0.2) is 5.01 Å². The van der Waals surface area contributed by atoms with Gasteiger partial charge in [0.1, 0.15) is 11.4 Å². The molecule has 2 amide bonds. The van der Waals surface area contributed by atoms with Gasteiger partial charge in [-0.2, -0.15) is 0 Å². The third-order valence-corrected chi connectivity index (χ3v) is 5.73. The number of hydrazine groups is 2. The number of hydrogen-bond donors (Lipinski definition) is 4. The van der Waals surface area contributed by atoms with E-state index in [0.29, 0.717) is 9.89 Å². The van der Waals surface area contributed by atoms with Crippen LogP contribution in [0.3, 0.4) is 0 Å². The number of nitrogens with zero attached hydrogens (tertiary/aromatic N) is 2. The summed E-state index contributed by atoms with van der Waals surface area (Å²) in [6, 6.07) is 7.94. The van der Waals surface area contributed by atoms with Crippen LogP contribution < -0.4 is 10.9 Å². The van der Waals surface area contributed by atoms with Crippen LogP contribution in [0.4, 0.5) is 0 Å². The SMILES string of the molecule is C/C(C=S)=C\c1ccccc1S.C=C\C=C/C=C(C)/C=C(\S)C(=S)N(C)NC(=O)CC(=O)NN(C)C. The molecule has 6 nitrogen and oxygen atoms in total. The normalized spacial score (nSPS) is 11.9. The standard InChI is InChI=1S/C16H24N4O2S2.C10H10S2/c1-6-7-8-9-12(2)10-13(23)16(24)20(5)18-15(22)11-14(21)17-19(3)4;1-8(7-11)6-9-4-2-3-5-10(9)12/h6-10,23H,1,11H2,2-5H3,(H,17,21)(H,18,22);2-7,12H,1H3/b8-7-,12-9+,13-10-;8-6+. The molecule has 0 heterocycles. The number of nitrogens with one attached hydrogen (secondary N) is 2. The monoisotopic (exact) mass is 562 g/mol. The van der Waals surface area contributed by atoms with Gasteiger partial charge in [0, 0.05) is 36.3 Å². The molecule has 0 saturated carbocycles. The van der Waals surface area contributed by atoms with Crippen molar-refractivity contribution >= 4 is 77.9 Å². The molecule has 0 radical (unpaired) electrons. The molecular formula is C26H34N4O2S4. The molecule has 0 bridgehead atoms. The van der Waals surface area contributed by atoms with Crippen molar-refractivity contribution < 1.29 is 9.59 Å². The van der Waals surface area contributed by atoms with E-state index in [1.807, 2.05) is 56.3 Å². The van der Waals surface area contributed by atoms with E-state index in [4.69, 9.17) is 24.4 Å². The van der Waals surface area contributed by atoms with Crippen LogP contribution in [-0.2, 0) is 9.59 Å². The Morgan fingerprint density at radius 2 is 1.67 bits per heavy atom. The minimum atomic E-state index is -0.471. The number of likely N-dealkylation sites (N-methyl/N-ethyl adjacent to an activating group) is 1. The molecule has 2 N–H and O–H groups in total. The summed E-state index contributed by atoms with van der Waals surface area (Å²) in [4.78, 5) is 25.1. The first-order valence-electron chi connectivity index (χ1n) is 10.7. The van der Waals surface area contributed by atoms with Crippen LogP contribution in [0.1, 0.15) is 25.8 Å². The summed E-state index contributed by atoms with van der Waals surface area (Å²) in [5.41, 5.74) is 8.13. The van der Waals surface area contributed by atoms with Crippen LogP contribution in [0.15, 0.2) is 82.2 Å². The summed E-state index contributed by atoms with van der Waals surface area (Å²) in [7, 11) is 4.91. The first kappa shape index (κ1) is 33.5. The van der Waals surface area contributed by atoms with Crippen molar-refractivity contribution in [3.8, 4) is 0 Å². The molecule has 0 atom stereocenters. The Morgan fingerprint density at radius 3 is 2.22 bits per heavy atom. The maximum Gasteiger partial charge on any atom is 0.247 e. The van der Waals surface area contributed by atoms with Crippen LogP contribution in [-0.4, -0.2) is 53.3 Å². The van der Waals surface area contributed by atoms with Crippen molar-refractivity contribution in [2.75, 3.05) is 21.1 Å². The van der Waals surface area contributed by atoms with Crippen molar-refractivity contribution in [2.45, 2.75) is 25.2 Å². The Kier molecular flexibility index (Phi) is 17.4. The van der Waals surface area contributed by atoms with E-state index >= 15 is 0 Å². The fourth-order valence-corrected chi connectivity index (χ4v) is 3.14. The zero-order chi connectivity index (χ0) is 27.7. The van der Waals surface area contributed by atoms with Gasteiger partial charge in [0.25, 0.3) is 0 Å². The highest BCUT2D eigenvalue weighted by Gasteiger charge is 2.14. The first-order valence-corrected chi connectivity index (χ1v) is 12.5. The lowest BCUT2D eigenvalue weighted by Crippen LogP contribution is -2.45. The third-order valence-electron chi connectivity index (χ3n) is 3.96. The van der Waals surface area contributed by atoms with Crippen LogP contribution >= 0.6 is 49.7 Å². The highest BCUT2D eigenvalue weighted by Crippen LogP contribution is 2.15. The van der Waals surface area contributed by atoms with E-state index in [1.54, 1.807) is 44.7 Å². The smallest absolute Gasteiger partial charge is 0.247 e. The number of carbonyl (C=O) groups excluding carboxylic acids is 2. The van der Waals surface area contributed by atoms with Crippen molar-refractivity contribution in [1.82, 2.24) is 20.9 Å². The number of carbonyl (C=O) groups is 2. The molecule has 0 aliphatic carbocycles. The Labute approximate surface area is 236 Å². The fraction of sp³-hybridized carbons (Fsp3) is 0.231. The number of rotatable bonds is 9. The van der Waals surface area contributed by atoms with E-state index in [2.05, 4.69) is 42.7 Å². The third kappa shape index (κ3) is 15.5. The lowest BCUT2D eigenvalue weighted by atomic mass is 10.1. The van der Waals surface area contributed by atoms with Gasteiger partial charge in [-0.05, 0) is 42.7 Å². The summed E-state index contributed by atoms with van der Waals surface area (Å²) in [6.07, 6.45) is 10.7. The molecule has 0 unspecified atom stereocenters. The molecule has 1 aromatic carbocycles. The van der Waals surface area contributed by atoms with Crippen molar-refractivity contribution in [3.63, 3.8) is 0 Å². The summed E-state index contributed by atoms with van der Waals surface area (Å²) in [5.74, 6) is -0.882. The largest absolute Gasteiger partial charge is 0.289 e. The Hall–Kier alpha value is -2.50. The molecule has 10 heteroatoms. The van der Waals surface area contributed by atoms with Crippen molar-refractivity contribution in [2.24, 2.45) is 0 Å². The average Bonchev–Trinajstić information content (AvgIpc) is 2.79. The van der Waals surface area contributed by atoms with Crippen LogP contribution in [0.5, 0.6) is 0 Å². The highest BCUT2D eigenvalue weighted by atomic mass is 32.1. The first-order chi connectivity index (χ1) is 16.9. The fourth-order valence-electron chi connectivity index (χ4n) is 2.38. The second-order valence-electron chi connectivity index (χ2n) is 7.63. The molecule has 0 saturated heterocycles. The predicted octanol–water partition coefficient (Wildman–Crippen LogP) is 5.14. The lowest BCUT2D eigenvalue weighted by Gasteiger charge is -2.21. The van der Waals surface area contributed by atoms with Gasteiger partial charge in [0.15, 0.2) is 0 Å². The van der Waals surface area contributed by atoms with Crippen molar-refractivity contribution in [1.29, 1.82) is 0 Å². The second-order valence-corrected chi connectivity index (χ2v) is 9.22. The topological polar surface area (TPSA) is 64.7 Å². The quantitative estimate of drug-likeness (QED) is 0.0835. The van der Waals surface area contributed by atoms with Gasteiger partial charge in [-0.1, -0.05) is 79.6 Å². The minimum Gasteiger partial charge on any atom is -0.289 e. The summed E-state index contributed by atoms with van der Waals surface area (Å²) in [5, 5.41) is 4.49. The maximum absolute atomic E-state index is 11.8. The lowest BCUT2D eigenvalue weighted by molar-refractivity contribution is -0.132. The molecule has 1 aromatic rings. The molecule has 1 rings (SSSR count). The van der Waals surface area contributed by atoms with Crippen molar-refractivity contribution in [3.05, 3.63) is 82.8 Å². The number of benzene rings is 1. The van der Waals surface area contributed by atoms with Gasteiger partial charge in [0.05, 0.1) is 0 Å². The predicted molar refractivity (Wildman–Crippen MR) is 166 cm³/mol. The molecular weight excluding hydrogens is 529 g/mol. The van der Waals surface area contributed by atoms with Gasteiger partial charge in [-0.3, -0.25) is 25.4 Å². The number of hydrogen-bond acceptors (Lipinski definition) is 7. The summed E-state index contributed by atoms with van der Waals surface area (Å²) >= 11 is 18.7. The minimum absolute atomic E-state index is 0.304. The highest BCUT2D eigenvalue weighted by molar-refractivity contribution is 7.90.